The number of benzene rings is 1. The van der Waals surface area contributed by atoms with Crippen molar-refractivity contribution in [1.82, 2.24) is 19.7 Å². The fraction of sp³-hybridized carbons (Fsp3) is 0.286. The molecule has 0 atom stereocenters. The van der Waals surface area contributed by atoms with Crippen molar-refractivity contribution in [2.75, 3.05) is 19.0 Å². The van der Waals surface area contributed by atoms with Gasteiger partial charge >= 0.3 is 18.2 Å². The highest BCUT2D eigenvalue weighted by atomic mass is 32.2. The van der Waals surface area contributed by atoms with Crippen molar-refractivity contribution >= 4 is 22.0 Å². The van der Waals surface area contributed by atoms with Gasteiger partial charge in [-0.05, 0) is 19.1 Å². The molecular weight excluding hydrogens is 407 g/mol. The second-order valence-corrected chi connectivity index (χ2v) is 6.75. The number of ether oxygens (including phenoxy) is 2. The van der Waals surface area contributed by atoms with Crippen molar-refractivity contribution in [3.8, 4) is 11.8 Å². The van der Waals surface area contributed by atoms with Gasteiger partial charge < -0.3 is 9.47 Å². The number of hydrogen-bond donors (Lipinski definition) is 2. The van der Waals surface area contributed by atoms with E-state index < -0.39 is 39.5 Å². The summed E-state index contributed by atoms with van der Waals surface area (Å²) in [6.07, 6.45) is -4.67. The predicted octanol–water partition coefficient (Wildman–Crippen LogP) is 1.64. The molecule has 0 radical (unpaired) electrons. The minimum Gasteiger partial charge on any atom is -0.483 e. The number of methoxy groups -OCH3 is 1. The number of aryl methyl sites for hydroxylation is 1. The first-order chi connectivity index (χ1) is 13.0. The first-order valence-corrected chi connectivity index (χ1v) is 8.87. The molecule has 0 aliphatic heterocycles. The summed E-state index contributed by atoms with van der Waals surface area (Å²) in [5.41, 5.74) is 0. The lowest BCUT2D eigenvalue weighted by molar-refractivity contribution is -0.153. The van der Waals surface area contributed by atoms with Gasteiger partial charge in [-0.3, -0.25) is 5.32 Å². The van der Waals surface area contributed by atoms with Crippen LogP contribution >= 0.6 is 0 Å². The zero-order valence-electron chi connectivity index (χ0n) is 14.4. The maximum absolute atomic E-state index is 12.4. The van der Waals surface area contributed by atoms with E-state index in [1.54, 1.807) is 4.72 Å². The van der Waals surface area contributed by atoms with Gasteiger partial charge in [-0.25, -0.2) is 17.9 Å². The Bertz CT molecular complexity index is 968. The lowest BCUT2D eigenvalue weighted by Crippen LogP contribution is -2.35. The maximum Gasteiger partial charge on any atom is 0.422 e. The van der Waals surface area contributed by atoms with E-state index in [1.165, 1.54) is 26.2 Å². The Balaban J connectivity index is 2.17. The van der Waals surface area contributed by atoms with Gasteiger partial charge in [0.05, 0.1) is 7.11 Å². The van der Waals surface area contributed by atoms with Crippen LogP contribution in [0.15, 0.2) is 29.2 Å². The smallest absolute Gasteiger partial charge is 0.422 e. The average Bonchev–Trinajstić information content (AvgIpc) is 2.58. The number of sulfonamides is 1. The molecule has 0 saturated heterocycles. The molecule has 1 aromatic heterocycles. The number of halogens is 3. The van der Waals surface area contributed by atoms with Gasteiger partial charge in [0.15, 0.2) is 6.61 Å². The lowest BCUT2D eigenvalue weighted by atomic mass is 10.3. The zero-order valence-corrected chi connectivity index (χ0v) is 15.3. The number of anilines is 1. The minimum absolute atomic E-state index is 0.114. The van der Waals surface area contributed by atoms with Gasteiger partial charge in [-0.1, -0.05) is 12.1 Å². The van der Waals surface area contributed by atoms with Crippen molar-refractivity contribution in [3.05, 3.63) is 30.1 Å². The van der Waals surface area contributed by atoms with Gasteiger partial charge in [0.25, 0.3) is 10.0 Å². The van der Waals surface area contributed by atoms with Crippen LogP contribution in [-0.2, 0) is 10.0 Å². The zero-order chi connectivity index (χ0) is 20.9. The highest BCUT2D eigenvalue weighted by Gasteiger charge is 2.30. The molecule has 28 heavy (non-hydrogen) atoms. The van der Waals surface area contributed by atoms with Crippen LogP contribution < -0.4 is 19.5 Å². The van der Waals surface area contributed by atoms with E-state index >= 15 is 0 Å². The molecule has 2 rings (SSSR count). The largest absolute Gasteiger partial charge is 0.483 e. The Morgan fingerprint density at radius 3 is 2.50 bits per heavy atom. The molecule has 0 saturated carbocycles. The summed E-state index contributed by atoms with van der Waals surface area (Å²) in [4.78, 5) is 22.6. The molecule has 2 amide bonds. The monoisotopic (exact) mass is 421 g/mol. The van der Waals surface area contributed by atoms with Gasteiger partial charge in [-0.2, -0.15) is 28.1 Å². The van der Waals surface area contributed by atoms with Crippen LogP contribution in [0.4, 0.5) is 23.9 Å². The number of para-hydroxylation sites is 1. The van der Waals surface area contributed by atoms with E-state index in [4.69, 9.17) is 4.74 Å². The van der Waals surface area contributed by atoms with E-state index in [0.29, 0.717) is 0 Å². The summed E-state index contributed by atoms with van der Waals surface area (Å²) in [7, 11) is -3.28. The third-order valence-electron chi connectivity index (χ3n) is 2.89. The molecule has 0 bridgehead atoms. The first-order valence-electron chi connectivity index (χ1n) is 7.39. The van der Waals surface area contributed by atoms with E-state index in [9.17, 15) is 26.4 Å². The van der Waals surface area contributed by atoms with Crippen molar-refractivity contribution in [2.24, 2.45) is 0 Å². The normalized spacial score (nSPS) is 11.6. The second kappa shape index (κ2) is 8.24. The van der Waals surface area contributed by atoms with Crippen LogP contribution in [0.2, 0.25) is 0 Å². The number of amides is 2. The van der Waals surface area contributed by atoms with Gasteiger partial charge in [0.2, 0.25) is 5.95 Å². The summed E-state index contributed by atoms with van der Waals surface area (Å²) < 4.78 is 72.7. The third-order valence-corrected chi connectivity index (χ3v) is 4.26. The molecule has 152 valence electrons. The number of carbonyl (C=O) groups is 1. The van der Waals surface area contributed by atoms with Gasteiger partial charge in [0, 0.05) is 0 Å². The summed E-state index contributed by atoms with van der Waals surface area (Å²) in [5, 5.41) is 2.07. The Morgan fingerprint density at radius 1 is 1.18 bits per heavy atom. The quantitative estimate of drug-likeness (QED) is 0.719. The maximum atomic E-state index is 12.4. The number of nitrogens with one attached hydrogen (secondary N) is 2. The number of nitrogens with zero attached hydrogens (tertiary/aromatic N) is 3. The first kappa shape index (κ1) is 21.1. The van der Waals surface area contributed by atoms with Crippen LogP contribution in [0.3, 0.4) is 0 Å². The Kier molecular flexibility index (Phi) is 6.23. The fourth-order valence-corrected chi connectivity index (χ4v) is 2.91. The molecule has 1 heterocycles. The molecule has 10 nitrogen and oxygen atoms in total. The molecule has 0 aliphatic rings. The van der Waals surface area contributed by atoms with Crippen LogP contribution in [0.1, 0.15) is 5.82 Å². The van der Waals surface area contributed by atoms with Crippen molar-refractivity contribution in [3.63, 3.8) is 0 Å². The number of urea groups is 1. The van der Waals surface area contributed by atoms with Crippen LogP contribution in [0.5, 0.6) is 11.8 Å². The van der Waals surface area contributed by atoms with E-state index in [-0.39, 0.29) is 17.8 Å². The third kappa shape index (κ3) is 5.94. The topological polar surface area (TPSA) is 132 Å². The van der Waals surface area contributed by atoms with Crippen LogP contribution in [-0.4, -0.2) is 49.3 Å². The van der Waals surface area contributed by atoms with E-state index in [2.05, 4.69) is 25.0 Å². The van der Waals surface area contributed by atoms with Crippen molar-refractivity contribution in [1.29, 1.82) is 0 Å². The van der Waals surface area contributed by atoms with Gasteiger partial charge in [-0.15, -0.1) is 0 Å². The van der Waals surface area contributed by atoms with Crippen LogP contribution in [0, 0.1) is 6.92 Å². The molecule has 14 heteroatoms. The standard InChI is InChI=1S/C14H14F3N5O5S/c1-8-18-11(21-13(19-8)26-2)20-12(23)22-28(24,25)10-6-4-3-5-9(10)27-7-14(15,16)17/h3-6H,7H2,1-2H3,(H2,18,19,20,21,22,23). The van der Waals surface area contributed by atoms with Crippen LogP contribution in [0.25, 0.3) is 0 Å². The van der Waals surface area contributed by atoms with E-state index in [1.807, 2.05) is 0 Å². The van der Waals surface area contributed by atoms with Gasteiger partial charge in [0.1, 0.15) is 16.5 Å². The summed E-state index contributed by atoms with van der Waals surface area (Å²) in [6, 6.07) is 3.18. The molecule has 0 fully saturated rings. The molecule has 0 aliphatic carbocycles. The number of rotatable bonds is 6. The van der Waals surface area contributed by atoms with Crippen molar-refractivity contribution in [2.45, 2.75) is 18.0 Å². The summed E-state index contributed by atoms with van der Waals surface area (Å²) >= 11 is 0. The Hall–Kier alpha value is -3.16. The second-order valence-electron chi connectivity index (χ2n) is 5.10. The number of aromatic nitrogens is 3. The molecule has 2 N–H and O–H groups in total. The SMILES string of the molecule is COc1nc(C)nc(NC(=O)NS(=O)(=O)c2ccccc2OCC(F)(F)F)n1. The molecule has 0 spiro atoms. The molecule has 1 aromatic carbocycles. The fourth-order valence-electron chi connectivity index (χ4n) is 1.86. The van der Waals surface area contributed by atoms with Crippen molar-refractivity contribution < 1.29 is 35.9 Å². The number of carbonyl (C=O) groups excluding carboxylic acids is 1. The lowest BCUT2D eigenvalue weighted by Gasteiger charge is -2.14. The molecular formula is C14H14F3N5O5S. The molecule has 2 aromatic rings. The number of hydrogen-bond acceptors (Lipinski definition) is 8. The Morgan fingerprint density at radius 2 is 1.86 bits per heavy atom. The minimum atomic E-state index is -4.67. The average molecular weight is 421 g/mol. The summed E-state index contributed by atoms with van der Waals surface area (Å²) in [6.45, 7) is -0.214. The summed E-state index contributed by atoms with van der Waals surface area (Å²) in [5.74, 6) is -0.674. The van der Waals surface area contributed by atoms with E-state index in [0.717, 1.165) is 12.1 Å². The highest BCUT2D eigenvalue weighted by molar-refractivity contribution is 7.90. The molecule has 0 unspecified atom stereocenters. The predicted molar refractivity (Wildman–Crippen MR) is 88.4 cm³/mol. The number of alkyl halides is 3. The highest BCUT2D eigenvalue weighted by Crippen LogP contribution is 2.25. The Labute approximate surface area is 157 Å².